The van der Waals surface area contributed by atoms with Crippen LogP contribution in [0.25, 0.3) is 0 Å². The minimum Gasteiger partial charge on any atom is -0.493 e. The lowest BCUT2D eigenvalue weighted by Crippen LogP contribution is -2.38. The molecule has 0 radical (unpaired) electrons. The van der Waals surface area contributed by atoms with Gasteiger partial charge >= 0.3 is 0 Å². The summed E-state index contributed by atoms with van der Waals surface area (Å²) in [4.78, 5) is 12.4. The first-order valence-corrected chi connectivity index (χ1v) is 8.53. The highest BCUT2D eigenvalue weighted by Gasteiger charge is 2.53. The van der Waals surface area contributed by atoms with E-state index in [-0.39, 0.29) is 17.8 Å². The lowest BCUT2D eigenvalue weighted by atomic mass is 9.78. The molecule has 1 saturated heterocycles. The third-order valence-corrected chi connectivity index (χ3v) is 5.18. The van der Waals surface area contributed by atoms with E-state index in [9.17, 15) is 4.79 Å². The molecule has 3 rings (SSSR count). The van der Waals surface area contributed by atoms with Gasteiger partial charge in [0.05, 0.1) is 14.2 Å². The Bertz CT molecular complexity index is 792. The first-order valence-electron chi connectivity index (χ1n) is 8.53. The summed E-state index contributed by atoms with van der Waals surface area (Å²) in [5, 5.41) is 0. The molecule has 1 fully saturated rings. The average Bonchev–Trinajstić information content (AvgIpc) is 2.94. The van der Waals surface area contributed by atoms with Crippen LogP contribution < -0.4 is 9.47 Å². The normalized spacial score (nSPS) is 27.2. The van der Waals surface area contributed by atoms with Gasteiger partial charge in [0.1, 0.15) is 17.5 Å². The van der Waals surface area contributed by atoms with Crippen molar-refractivity contribution >= 4 is 5.78 Å². The lowest BCUT2D eigenvalue weighted by Gasteiger charge is -2.31. The largest absolute Gasteiger partial charge is 0.493 e. The zero-order valence-electron chi connectivity index (χ0n) is 15.6. The number of hydrogen-bond donors (Lipinski definition) is 0. The van der Waals surface area contributed by atoms with Gasteiger partial charge in [0, 0.05) is 24.7 Å². The number of benzene rings is 1. The maximum Gasteiger partial charge on any atom is 0.185 e. The molecule has 5 nitrogen and oxygen atoms in total. The Morgan fingerprint density at radius 1 is 1.23 bits per heavy atom. The third kappa shape index (κ3) is 2.72. The highest BCUT2D eigenvalue weighted by atomic mass is 16.6. The fourth-order valence-corrected chi connectivity index (χ4v) is 3.72. The molecule has 0 aromatic heterocycles. The van der Waals surface area contributed by atoms with Crippen LogP contribution in [0.15, 0.2) is 54.3 Å². The van der Waals surface area contributed by atoms with E-state index >= 15 is 0 Å². The number of carbonyl (C=O) groups excluding carboxylic acids is 1. The van der Waals surface area contributed by atoms with Crippen LogP contribution >= 0.6 is 0 Å². The SMILES string of the molecule is C=CCC1=C[C@@]2(OC)C(=CC1=O)O[C@@H](c1ccc(OC)c(OC)c1)[C@H]2C. The summed E-state index contributed by atoms with van der Waals surface area (Å²) in [6.07, 6.45) is 5.38. The standard InChI is InChI=1S/C21H24O5/c1-6-7-15-12-21(25-5)13(2)20(26-19(21)11-16(15)22)14-8-9-17(23-3)18(10-14)24-4/h6,8-13,20H,1,7H2,2-5H3/t13-,20-,21+/m1/s1. The Kier molecular flexibility index (Phi) is 4.92. The van der Waals surface area contributed by atoms with Gasteiger partial charge in [-0.2, -0.15) is 0 Å². The molecule has 5 heteroatoms. The molecule has 0 bridgehead atoms. The molecule has 0 unspecified atom stereocenters. The summed E-state index contributed by atoms with van der Waals surface area (Å²) < 4.78 is 22.8. The van der Waals surface area contributed by atoms with Crippen molar-refractivity contribution in [2.24, 2.45) is 5.92 Å². The number of allylic oxidation sites excluding steroid dienone is 3. The summed E-state index contributed by atoms with van der Waals surface area (Å²) in [6.45, 7) is 5.79. The maximum atomic E-state index is 12.4. The Morgan fingerprint density at radius 2 is 1.96 bits per heavy atom. The van der Waals surface area contributed by atoms with E-state index in [1.807, 2.05) is 24.3 Å². The molecule has 26 heavy (non-hydrogen) atoms. The number of rotatable bonds is 6. The molecule has 3 atom stereocenters. The molecular formula is C21H24O5. The first-order chi connectivity index (χ1) is 12.5. The molecule has 2 aliphatic rings. The van der Waals surface area contributed by atoms with Crippen LogP contribution in [-0.4, -0.2) is 32.7 Å². The zero-order valence-corrected chi connectivity index (χ0v) is 15.6. The van der Waals surface area contributed by atoms with Crippen LogP contribution in [0.3, 0.4) is 0 Å². The number of fused-ring (bicyclic) bond motifs is 1. The second kappa shape index (κ2) is 7.00. The summed E-state index contributed by atoms with van der Waals surface area (Å²) in [5.74, 6) is 1.74. The Hall–Kier alpha value is -2.53. The number of carbonyl (C=O) groups is 1. The van der Waals surface area contributed by atoms with Gasteiger partial charge in [-0.05, 0) is 30.2 Å². The molecule has 0 N–H and O–H groups in total. The Balaban J connectivity index is 2.03. The van der Waals surface area contributed by atoms with Crippen LogP contribution in [-0.2, 0) is 14.3 Å². The molecule has 1 heterocycles. The fraction of sp³-hybridized carbons (Fsp3) is 0.381. The predicted octanol–water partition coefficient (Wildman–Crippen LogP) is 3.77. The van der Waals surface area contributed by atoms with E-state index in [0.717, 1.165) is 5.56 Å². The minimum absolute atomic E-state index is 0.0373. The van der Waals surface area contributed by atoms with Gasteiger partial charge in [-0.15, -0.1) is 6.58 Å². The molecule has 0 amide bonds. The van der Waals surface area contributed by atoms with Crippen LogP contribution in [0.1, 0.15) is 25.0 Å². The van der Waals surface area contributed by atoms with Gasteiger partial charge in [-0.25, -0.2) is 0 Å². The summed E-state index contributed by atoms with van der Waals surface area (Å²) in [5.41, 5.74) is 0.853. The topological polar surface area (TPSA) is 54.0 Å². The van der Waals surface area contributed by atoms with Gasteiger partial charge in [0.25, 0.3) is 0 Å². The molecular weight excluding hydrogens is 332 g/mol. The van der Waals surface area contributed by atoms with Crippen molar-refractivity contribution in [1.29, 1.82) is 0 Å². The first kappa shape index (κ1) is 18.3. The second-order valence-corrected chi connectivity index (χ2v) is 6.47. The van der Waals surface area contributed by atoms with E-state index in [1.54, 1.807) is 33.5 Å². The fourth-order valence-electron chi connectivity index (χ4n) is 3.72. The van der Waals surface area contributed by atoms with E-state index in [0.29, 0.717) is 29.3 Å². The molecule has 0 spiro atoms. The predicted molar refractivity (Wildman–Crippen MR) is 98.3 cm³/mol. The molecule has 1 aromatic carbocycles. The maximum absolute atomic E-state index is 12.4. The minimum atomic E-state index is -0.760. The third-order valence-electron chi connectivity index (χ3n) is 5.18. The summed E-state index contributed by atoms with van der Waals surface area (Å²) in [6, 6.07) is 5.70. The van der Waals surface area contributed by atoms with Crippen molar-refractivity contribution in [2.75, 3.05) is 21.3 Å². The van der Waals surface area contributed by atoms with Gasteiger partial charge in [0.2, 0.25) is 0 Å². The van der Waals surface area contributed by atoms with Crippen LogP contribution in [0, 0.1) is 5.92 Å². The van der Waals surface area contributed by atoms with Crippen LogP contribution in [0.2, 0.25) is 0 Å². The smallest absolute Gasteiger partial charge is 0.185 e. The van der Waals surface area contributed by atoms with Crippen LogP contribution in [0.5, 0.6) is 11.5 Å². The monoisotopic (exact) mass is 356 g/mol. The average molecular weight is 356 g/mol. The van der Waals surface area contributed by atoms with Gasteiger partial charge in [-0.3, -0.25) is 4.79 Å². The van der Waals surface area contributed by atoms with Gasteiger partial charge < -0.3 is 18.9 Å². The zero-order chi connectivity index (χ0) is 18.9. The van der Waals surface area contributed by atoms with E-state index in [1.165, 1.54) is 0 Å². The van der Waals surface area contributed by atoms with E-state index < -0.39 is 5.60 Å². The second-order valence-electron chi connectivity index (χ2n) is 6.47. The van der Waals surface area contributed by atoms with Crippen molar-refractivity contribution in [2.45, 2.75) is 25.0 Å². The van der Waals surface area contributed by atoms with Gasteiger partial charge in [-0.1, -0.05) is 19.1 Å². The summed E-state index contributed by atoms with van der Waals surface area (Å²) in [7, 11) is 4.84. The van der Waals surface area contributed by atoms with Crippen molar-refractivity contribution in [3.05, 3.63) is 59.9 Å². The van der Waals surface area contributed by atoms with Crippen molar-refractivity contribution < 1.29 is 23.7 Å². The Morgan fingerprint density at radius 3 is 2.58 bits per heavy atom. The number of hydrogen-bond acceptors (Lipinski definition) is 5. The molecule has 1 aromatic rings. The number of ketones is 1. The molecule has 0 saturated carbocycles. The van der Waals surface area contributed by atoms with Crippen LogP contribution in [0.4, 0.5) is 0 Å². The summed E-state index contributed by atoms with van der Waals surface area (Å²) >= 11 is 0. The molecule has 138 valence electrons. The molecule has 1 aliphatic heterocycles. The quantitative estimate of drug-likeness (QED) is 0.727. The molecule has 1 aliphatic carbocycles. The van der Waals surface area contributed by atoms with Crippen molar-refractivity contribution in [3.63, 3.8) is 0 Å². The number of methoxy groups -OCH3 is 3. The van der Waals surface area contributed by atoms with Crippen molar-refractivity contribution in [1.82, 2.24) is 0 Å². The Labute approximate surface area is 153 Å². The van der Waals surface area contributed by atoms with E-state index in [4.69, 9.17) is 18.9 Å². The van der Waals surface area contributed by atoms with E-state index in [2.05, 4.69) is 13.5 Å². The van der Waals surface area contributed by atoms with Gasteiger partial charge in [0.15, 0.2) is 17.3 Å². The number of ether oxygens (including phenoxy) is 4. The highest BCUT2D eigenvalue weighted by molar-refractivity contribution is 6.06. The highest BCUT2D eigenvalue weighted by Crippen LogP contribution is 2.52. The van der Waals surface area contributed by atoms with Crippen molar-refractivity contribution in [3.8, 4) is 11.5 Å². The lowest BCUT2D eigenvalue weighted by molar-refractivity contribution is -0.112.